The van der Waals surface area contributed by atoms with Gasteiger partial charge in [-0.15, -0.1) is 0 Å². The summed E-state index contributed by atoms with van der Waals surface area (Å²) in [6, 6.07) is 3.62. The zero-order valence-electron chi connectivity index (χ0n) is 16.6. The highest BCUT2D eigenvalue weighted by Crippen LogP contribution is 2.51. The van der Waals surface area contributed by atoms with Crippen molar-refractivity contribution in [3.63, 3.8) is 0 Å². The molecule has 0 radical (unpaired) electrons. The molecular formula is C21H23ClN6O2. The number of benzene rings is 1. The number of nitrogens with zero attached hydrogens (tertiary/aromatic N) is 5. The smallest absolute Gasteiger partial charge is 0.317 e. The molecule has 2 aromatic heterocycles. The van der Waals surface area contributed by atoms with Crippen LogP contribution in [-0.2, 0) is 12.1 Å². The van der Waals surface area contributed by atoms with Crippen molar-refractivity contribution in [1.82, 2.24) is 30.0 Å². The van der Waals surface area contributed by atoms with Crippen molar-refractivity contribution < 1.29 is 9.90 Å². The van der Waals surface area contributed by atoms with Crippen LogP contribution in [0.5, 0.6) is 0 Å². The Labute approximate surface area is 178 Å². The minimum Gasteiger partial charge on any atom is -0.386 e. The van der Waals surface area contributed by atoms with Gasteiger partial charge in [-0.1, -0.05) is 11.6 Å². The van der Waals surface area contributed by atoms with Crippen LogP contribution in [0.15, 0.2) is 36.9 Å². The van der Waals surface area contributed by atoms with E-state index in [1.807, 2.05) is 27.9 Å². The van der Waals surface area contributed by atoms with Crippen LogP contribution < -0.4 is 5.32 Å². The normalized spacial score (nSPS) is 23.8. The third kappa shape index (κ3) is 2.94. The number of carbonyl (C=O) groups excluding carboxylic acids is 1. The molecule has 0 aliphatic carbocycles. The van der Waals surface area contributed by atoms with Gasteiger partial charge in [0.1, 0.15) is 6.10 Å². The number of likely N-dealkylation sites (tertiary alicyclic amines) is 1. The summed E-state index contributed by atoms with van der Waals surface area (Å²) in [7, 11) is 0. The Balaban J connectivity index is 1.28. The zero-order chi connectivity index (χ0) is 20.9. The van der Waals surface area contributed by atoms with Crippen molar-refractivity contribution in [2.45, 2.75) is 38.0 Å². The number of aromatic nitrogens is 4. The predicted molar refractivity (Wildman–Crippen MR) is 112 cm³/mol. The van der Waals surface area contributed by atoms with Gasteiger partial charge in [-0.3, -0.25) is 14.6 Å². The predicted octanol–water partition coefficient (Wildman–Crippen LogP) is 2.86. The van der Waals surface area contributed by atoms with Gasteiger partial charge >= 0.3 is 6.03 Å². The molecular weight excluding hydrogens is 404 g/mol. The number of halogens is 1. The standard InChI is InChI=1S/C21H23ClN6O2/c1-21(19(29)17-9-15(22)8-13-10-26-28(21)18(13)17)14-2-6-27(7-3-14)20(30)25-12-16-11-23-4-5-24-16/h4-5,8-11,14,19,29H,2-3,6-7,12H2,1H3,(H,25,30)/t19-,21?/m1/s1. The van der Waals surface area contributed by atoms with E-state index >= 15 is 0 Å². The summed E-state index contributed by atoms with van der Waals surface area (Å²) in [6.07, 6.45) is 7.56. The molecule has 5 rings (SSSR count). The number of aliphatic hydroxyl groups excluding tert-OH is 1. The van der Waals surface area contributed by atoms with Crippen LogP contribution in [0.25, 0.3) is 10.9 Å². The molecule has 2 N–H and O–H groups in total. The lowest BCUT2D eigenvalue weighted by Gasteiger charge is -2.42. The van der Waals surface area contributed by atoms with Crippen molar-refractivity contribution in [3.05, 3.63) is 53.2 Å². The van der Waals surface area contributed by atoms with Crippen molar-refractivity contribution in [3.8, 4) is 0 Å². The average molecular weight is 427 g/mol. The molecule has 2 atom stereocenters. The van der Waals surface area contributed by atoms with Crippen LogP contribution >= 0.6 is 11.6 Å². The van der Waals surface area contributed by atoms with E-state index in [4.69, 9.17) is 11.6 Å². The second-order valence-electron chi connectivity index (χ2n) is 8.23. The lowest BCUT2D eigenvalue weighted by molar-refractivity contribution is -0.0116. The Morgan fingerprint density at radius 2 is 2.10 bits per heavy atom. The average Bonchev–Trinajstić information content (AvgIpc) is 3.29. The molecule has 1 aromatic carbocycles. The molecule has 8 nitrogen and oxygen atoms in total. The van der Waals surface area contributed by atoms with E-state index in [0.717, 1.165) is 35.0 Å². The van der Waals surface area contributed by atoms with E-state index in [9.17, 15) is 9.90 Å². The number of nitrogens with one attached hydrogen (secondary N) is 1. The van der Waals surface area contributed by atoms with Crippen LogP contribution in [0.2, 0.25) is 5.02 Å². The monoisotopic (exact) mass is 426 g/mol. The molecule has 2 amide bonds. The van der Waals surface area contributed by atoms with Gasteiger partial charge in [-0.25, -0.2) is 4.79 Å². The molecule has 2 aliphatic heterocycles. The molecule has 3 aromatic rings. The van der Waals surface area contributed by atoms with Crippen molar-refractivity contribution >= 4 is 28.5 Å². The highest BCUT2D eigenvalue weighted by molar-refractivity contribution is 6.31. The fourth-order valence-corrected chi connectivity index (χ4v) is 5.16. The second-order valence-corrected chi connectivity index (χ2v) is 8.67. The van der Waals surface area contributed by atoms with Crippen LogP contribution in [0.1, 0.15) is 37.1 Å². The number of hydrogen-bond acceptors (Lipinski definition) is 5. The Morgan fingerprint density at radius 1 is 1.30 bits per heavy atom. The van der Waals surface area contributed by atoms with Crippen molar-refractivity contribution in [2.24, 2.45) is 5.92 Å². The van der Waals surface area contributed by atoms with E-state index in [1.54, 1.807) is 18.6 Å². The maximum Gasteiger partial charge on any atom is 0.317 e. The lowest BCUT2D eigenvalue weighted by Crippen LogP contribution is -2.50. The summed E-state index contributed by atoms with van der Waals surface area (Å²) in [5.41, 5.74) is 1.96. The molecule has 1 unspecified atom stereocenters. The topological polar surface area (TPSA) is 96.2 Å². The van der Waals surface area contributed by atoms with E-state index in [2.05, 4.69) is 27.3 Å². The molecule has 9 heteroatoms. The van der Waals surface area contributed by atoms with E-state index in [1.165, 1.54) is 0 Å². The van der Waals surface area contributed by atoms with Gasteiger partial charge in [0.15, 0.2) is 0 Å². The number of urea groups is 1. The Hall–Kier alpha value is -2.71. The third-order valence-electron chi connectivity index (χ3n) is 6.61. The van der Waals surface area contributed by atoms with Crippen LogP contribution in [0.3, 0.4) is 0 Å². The molecule has 4 heterocycles. The van der Waals surface area contributed by atoms with Gasteiger partial charge in [0, 0.05) is 41.5 Å². The minimum absolute atomic E-state index is 0.104. The number of aliphatic hydroxyl groups is 1. The number of carbonyl (C=O) groups is 1. The molecule has 0 bridgehead atoms. The van der Waals surface area contributed by atoms with E-state index < -0.39 is 11.6 Å². The van der Waals surface area contributed by atoms with E-state index in [-0.39, 0.29) is 11.9 Å². The maximum absolute atomic E-state index is 12.6. The van der Waals surface area contributed by atoms with Gasteiger partial charge in [0.25, 0.3) is 0 Å². The lowest BCUT2D eigenvalue weighted by atomic mass is 9.75. The van der Waals surface area contributed by atoms with Gasteiger partial charge < -0.3 is 15.3 Å². The largest absolute Gasteiger partial charge is 0.386 e. The number of rotatable bonds is 3. The van der Waals surface area contributed by atoms with Gasteiger partial charge in [0.2, 0.25) is 0 Å². The summed E-state index contributed by atoms with van der Waals surface area (Å²) in [5.74, 6) is 0.186. The van der Waals surface area contributed by atoms with Crippen LogP contribution in [0.4, 0.5) is 4.79 Å². The zero-order valence-corrected chi connectivity index (χ0v) is 17.4. The quantitative estimate of drug-likeness (QED) is 0.671. The summed E-state index contributed by atoms with van der Waals surface area (Å²) >= 11 is 6.25. The molecule has 1 saturated heterocycles. The third-order valence-corrected chi connectivity index (χ3v) is 6.83. The molecule has 1 fully saturated rings. The van der Waals surface area contributed by atoms with Crippen molar-refractivity contribution in [1.29, 1.82) is 0 Å². The summed E-state index contributed by atoms with van der Waals surface area (Å²) in [6.45, 7) is 3.67. The van der Waals surface area contributed by atoms with Gasteiger partial charge in [0.05, 0.1) is 35.7 Å². The SMILES string of the molecule is CC1(C2CCN(C(=O)NCc3cnccn3)CC2)[C@H](O)c2cc(Cl)cc3cnn1c23. The molecule has 0 saturated carbocycles. The van der Waals surface area contributed by atoms with Crippen LogP contribution in [-0.4, -0.2) is 48.9 Å². The fraction of sp³-hybridized carbons (Fsp3) is 0.429. The first-order valence-corrected chi connectivity index (χ1v) is 10.5. The summed E-state index contributed by atoms with van der Waals surface area (Å²) < 4.78 is 1.97. The summed E-state index contributed by atoms with van der Waals surface area (Å²) in [4.78, 5) is 22.6. The van der Waals surface area contributed by atoms with E-state index in [0.29, 0.717) is 24.7 Å². The van der Waals surface area contributed by atoms with Gasteiger partial charge in [-0.05, 0) is 37.8 Å². The summed E-state index contributed by atoms with van der Waals surface area (Å²) in [5, 5.41) is 20.3. The minimum atomic E-state index is -0.676. The van der Waals surface area contributed by atoms with Crippen LogP contribution in [0, 0.1) is 5.92 Å². The number of amides is 2. The number of piperidine rings is 1. The highest BCUT2D eigenvalue weighted by Gasteiger charge is 2.50. The van der Waals surface area contributed by atoms with Gasteiger partial charge in [-0.2, -0.15) is 5.10 Å². The Kier molecular flexibility index (Phi) is 4.63. The first kappa shape index (κ1) is 19.3. The first-order valence-electron chi connectivity index (χ1n) is 10.1. The molecule has 0 spiro atoms. The number of hydrogen-bond donors (Lipinski definition) is 2. The second kappa shape index (κ2) is 7.21. The Morgan fingerprint density at radius 3 is 2.83 bits per heavy atom. The van der Waals surface area contributed by atoms with Crippen molar-refractivity contribution in [2.75, 3.05) is 13.1 Å². The molecule has 30 heavy (non-hydrogen) atoms. The maximum atomic E-state index is 12.6. The molecule has 156 valence electrons. The highest BCUT2D eigenvalue weighted by atomic mass is 35.5. The molecule has 2 aliphatic rings. The Bertz CT molecular complexity index is 1100. The first-order chi connectivity index (χ1) is 14.5. The fourth-order valence-electron chi connectivity index (χ4n) is 4.93.